The SMILES string of the molecule is CCN1CCCC1CNc1nccnc1C. The highest BCUT2D eigenvalue weighted by Crippen LogP contribution is 2.17. The molecule has 16 heavy (non-hydrogen) atoms. The zero-order chi connectivity index (χ0) is 11.4. The number of nitrogens with zero attached hydrogens (tertiary/aromatic N) is 3. The van der Waals surface area contributed by atoms with E-state index in [0.29, 0.717) is 6.04 Å². The van der Waals surface area contributed by atoms with Gasteiger partial charge in [-0.25, -0.2) is 4.98 Å². The van der Waals surface area contributed by atoms with Crippen LogP contribution in [0.4, 0.5) is 5.82 Å². The summed E-state index contributed by atoms with van der Waals surface area (Å²) in [7, 11) is 0. The second kappa shape index (κ2) is 5.25. The molecule has 0 radical (unpaired) electrons. The number of aromatic nitrogens is 2. The molecule has 0 saturated carbocycles. The summed E-state index contributed by atoms with van der Waals surface area (Å²) in [5.74, 6) is 0.922. The Hall–Kier alpha value is -1.16. The number of hydrogen-bond donors (Lipinski definition) is 1. The fraction of sp³-hybridized carbons (Fsp3) is 0.667. The van der Waals surface area contributed by atoms with Crippen LogP contribution in [0.1, 0.15) is 25.5 Å². The van der Waals surface area contributed by atoms with Crippen molar-refractivity contribution in [1.29, 1.82) is 0 Å². The lowest BCUT2D eigenvalue weighted by atomic mass is 10.2. The number of anilines is 1. The molecule has 0 bridgehead atoms. The number of rotatable bonds is 4. The first-order valence-electron chi connectivity index (χ1n) is 6.06. The molecule has 1 fully saturated rings. The highest BCUT2D eigenvalue weighted by atomic mass is 15.2. The smallest absolute Gasteiger partial charge is 0.147 e. The fourth-order valence-electron chi connectivity index (χ4n) is 2.34. The van der Waals surface area contributed by atoms with Gasteiger partial charge >= 0.3 is 0 Å². The highest BCUT2D eigenvalue weighted by Gasteiger charge is 2.22. The Morgan fingerprint density at radius 3 is 3.00 bits per heavy atom. The van der Waals surface area contributed by atoms with Crippen LogP contribution in [-0.4, -0.2) is 40.5 Å². The normalized spacial score (nSPS) is 21.2. The van der Waals surface area contributed by atoms with Crippen LogP contribution in [0.15, 0.2) is 12.4 Å². The van der Waals surface area contributed by atoms with E-state index in [0.717, 1.165) is 24.6 Å². The summed E-state index contributed by atoms with van der Waals surface area (Å²) in [6.07, 6.45) is 6.08. The Kier molecular flexibility index (Phi) is 3.72. The minimum absolute atomic E-state index is 0.659. The van der Waals surface area contributed by atoms with E-state index in [-0.39, 0.29) is 0 Å². The Balaban J connectivity index is 1.90. The summed E-state index contributed by atoms with van der Waals surface area (Å²) in [5, 5.41) is 3.40. The predicted molar refractivity (Wildman–Crippen MR) is 65.5 cm³/mol. The van der Waals surface area contributed by atoms with Gasteiger partial charge in [0.2, 0.25) is 0 Å². The lowest BCUT2D eigenvalue weighted by Gasteiger charge is -2.23. The molecule has 4 nitrogen and oxygen atoms in total. The zero-order valence-corrected chi connectivity index (χ0v) is 10.1. The molecular formula is C12H20N4. The van der Waals surface area contributed by atoms with Gasteiger partial charge in [0, 0.05) is 25.0 Å². The Labute approximate surface area is 97.1 Å². The number of nitrogens with one attached hydrogen (secondary N) is 1. The van der Waals surface area contributed by atoms with Crippen LogP contribution in [0.5, 0.6) is 0 Å². The van der Waals surface area contributed by atoms with Crippen LogP contribution in [0.2, 0.25) is 0 Å². The van der Waals surface area contributed by atoms with Crippen molar-refractivity contribution in [3.63, 3.8) is 0 Å². The minimum Gasteiger partial charge on any atom is -0.367 e. The van der Waals surface area contributed by atoms with E-state index in [9.17, 15) is 0 Å². The molecule has 1 saturated heterocycles. The molecule has 2 heterocycles. The molecule has 0 aromatic carbocycles. The molecule has 1 aliphatic rings. The zero-order valence-electron chi connectivity index (χ0n) is 10.1. The van der Waals surface area contributed by atoms with E-state index >= 15 is 0 Å². The maximum Gasteiger partial charge on any atom is 0.147 e. The molecule has 2 rings (SSSR count). The van der Waals surface area contributed by atoms with E-state index in [2.05, 4.69) is 27.1 Å². The van der Waals surface area contributed by atoms with Gasteiger partial charge in [0.15, 0.2) is 0 Å². The Morgan fingerprint density at radius 1 is 1.44 bits per heavy atom. The molecule has 4 heteroatoms. The first-order chi connectivity index (χ1) is 7.81. The predicted octanol–water partition coefficient (Wildman–Crippen LogP) is 1.68. The molecule has 1 atom stereocenters. The minimum atomic E-state index is 0.659. The summed E-state index contributed by atoms with van der Waals surface area (Å²) in [6.45, 7) is 7.58. The molecule has 1 aromatic heterocycles. The second-order valence-electron chi connectivity index (χ2n) is 4.30. The van der Waals surface area contributed by atoms with Crippen LogP contribution in [-0.2, 0) is 0 Å². The first-order valence-corrected chi connectivity index (χ1v) is 6.06. The quantitative estimate of drug-likeness (QED) is 0.838. The monoisotopic (exact) mass is 220 g/mol. The maximum absolute atomic E-state index is 4.30. The summed E-state index contributed by atoms with van der Waals surface area (Å²) >= 11 is 0. The Morgan fingerprint density at radius 2 is 2.25 bits per heavy atom. The van der Waals surface area contributed by atoms with Crippen molar-refractivity contribution in [3.05, 3.63) is 18.1 Å². The third-order valence-corrected chi connectivity index (χ3v) is 3.29. The molecule has 1 N–H and O–H groups in total. The first kappa shape index (κ1) is 11.3. The van der Waals surface area contributed by atoms with Crippen LogP contribution < -0.4 is 5.32 Å². The molecule has 0 amide bonds. The average molecular weight is 220 g/mol. The van der Waals surface area contributed by atoms with Crippen LogP contribution in [0, 0.1) is 6.92 Å². The lowest BCUT2D eigenvalue weighted by Crippen LogP contribution is -2.34. The van der Waals surface area contributed by atoms with Crippen molar-refractivity contribution < 1.29 is 0 Å². The van der Waals surface area contributed by atoms with Gasteiger partial charge < -0.3 is 5.32 Å². The van der Waals surface area contributed by atoms with Crippen LogP contribution in [0.3, 0.4) is 0 Å². The largest absolute Gasteiger partial charge is 0.367 e. The van der Waals surface area contributed by atoms with Gasteiger partial charge in [-0.2, -0.15) is 0 Å². The Bertz CT molecular complexity index is 340. The van der Waals surface area contributed by atoms with Crippen molar-refractivity contribution in [2.75, 3.05) is 25.0 Å². The summed E-state index contributed by atoms with van der Waals surface area (Å²) in [5.41, 5.74) is 0.976. The molecule has 1 aliphatic heterocycles. The van der Waals surface area contributed by atoms with Gasteiger partial charge in [-0.3, -0.25) is 9.88 Å². The second-order valence-corrected chi connectivity index (χ2v) is 4.30. The standard InChI is InChI=1S/C12H20N4/c1-3-16-8-4-5-11(16)9-15-12-10(2)13-6-7-14-12/h6-7,11H,3-5,8-9H2,1-2H3,(H,14,15). The van der Waals surface area contributed by atoms with E-state index in [1.807, 2.05) is 6.92 Å². The van der Waals surface area contributed by atoms with Crippen molar-refractivity contribution >= 4 is 5.82 Å². The molecule has 88 valence electrons. The fourth-order valence-corrected chi connectivity index (χ4v) is 2.34. The van der Waals surface area contributed by atoms with Crippen molar-refractivity contribution in [3.8, 4) is 0 Å². The van der Waals surface area contributed by atoms with Crippen LogP contribution in [0.25, 0.3) is 0 Å². The van der Waals surface area contributed by atoms with E-state index < -0.39 is 0 Å². The molecular weight excluding hydrogens is 200 g/mol. The number of likely N-dealkylation sites (N-methyl/N-ethyl adjacent to an activating group) is 1. The van der Waals surface area contributed by atoms with Gasteiger partial charge in [0.1, 0.15) is 5.82 Å². The number of aryl methyl sites for hydroxylation is 1. The van der Waals surface area contributed by atoms with E-state index in [1.165, 1.54) is 19.4 Å². The number of hydrogen-bond acceptors (Lipinski definition) is 4. The van der Waals surface area contributed by atoms with Gasteiger partial charge in [-0.05, 0) is 32.9 Å². The van der Waals surface area contributed by atoms with Gasteiger partial charge in [0.05, 0.1) is 5.69 Å². The van der Waals surface area contributed by atoms with Gasteiger partial charge in [-0.15, -0.1) is 0 Å². The lowest BCUT2D eigenvalue weighted by molar-refractivity contribution is 0.277. The summed E-state index contributed by atoms with van der Waals surface area (Å²) in [4.78, 5) is 11.0. The average Bonchev–Trinajstić information content (AvgIpc) is 2.75. The summed E-state index contributed by atoms with van der Waals surface area (Å²) in [6, 6.07) is 0.659. The molecule has 0 aliphatic carbocycles. The van der Waals surface area contributed by atoms with E-state index in [1.54, 1.807) is 12.4 Å². The molecule has 0 spiro atoms. The van der Waals surface area contributed by atoms with E-state index in [4.69, 9.17) is 0 Å². The maximum atomic E-state index is 4.30. The highest BCUT2D eigenvalue weighted by molar-refractivity contribution is 5.38. The topological polar surface area (TPSA) is 41.0 Å². The number of likely N-dealkylation sites (tertiary alicyclic amines) is 1. The third kappa shape index (κ3) is 2.50. The molecule has 1 unspecified atom stereocenters. The van der Waals surface area contributed by atoms with Crippen LogP contribution >= 0.6 is 0 Å². The van der Waals surface area contributed by atoms with Crippen molar-refractivity contribution in [2.24, 2.45) is 0 Å². The van der Waals surface area contributed by atoms with Gasteiger partial charge in [-0.1, -0.05) is 6.92 Å². The third-order valence-electron chi connectivity index (χ3n) is 3.29. The van der Waals surface area contributed by atoms with Gasteiger partial charge in [0.25, 0.3) is 0 Å². The van der Waals surface area contributed by atoms with Crippen molar-refractivity contribution in [2.45, 2.75) is 32.7 Å². The summed E-state index contributed by atoms with van der Waals surface area (Å²) < 4.78 is 0. The van der Waals surface area contributed by atoms with Crippen molar-refractivity contribution in [1.82, 2.24) is 14.9 Å². The molecule has 1 aromatic rings.